The van der Waals surface area contributed by atoms with Crippen molar-refractivity contribution in [1.82, 2.24) is 9.24 Å². The highest BCUT2D eigenvalue weighted by atomic mass is 35.5. The molecule has 116 valence electrons. The lowest BCUT2D eigenvalue weighted by molar-refractivity contribution is -0.384. The molecule has 6 nitrogen and oxygen atoms in total. The van der Waals surface area contributed by atoms with Crippen LogP contribution < -0.4 is 0 Å². The standard InChI is InChI=1S/C15H11ClN4O2S/c1-18-13-4-2-3-5-14(13)19(15(18)23)17-9-10-8-11(20(21)22)6-7-12(10)16/h2-9H,1H3. The summed E-state index contributed by atoms with van der Waals surface area (Å²) in [4.78, 5) is 10.4. The molecule has 3 aromatic rings. The SMILES string of the molecule is Cn1c(=S)n(N=Cc2cc([N+](=O)[O-])ccc2Cl)c2ccccc21. The van der Waals surface area contributed by atoms with Gasteiger partial charge in [-0.05, 0) is 30.4 Å². The second kappa shape index (κ2) is 5.94. The van der Waals surface area contributed by atoms with E-state index >= 15 is 0 Å². The predicted octanol–water partition coefficient (Wildman–Crippen LogP) is 4.15. The largest absolute Gasteiger partial charge is 0.318 e. The number of rotatable bonds is 3. The van der Waals surface area contributed by atoms with Gasteiger partial charge in [0, 0.05) is 29.8 Å². The Balaban J connectivity index is 2.11. The third-order valence-electron chi connectivity index (χ3n) is 3.44. The first-order chi connectivity index (χ1) is 11.0. The predicted molar refractivity (Wildman–Crippen MR) is 92.8 cm³/mol. The van der Waals surface area contributed by atoms with Crippen LogP contribution in [0.4, 0.5) is 5.69 Å². The minimum absolute atomic E-state index is 0.0441. The van der Waals surface area contributed by atoms with Gasteiger partial charge in [0.2, 0.25) is 4.77 Å². The number of benzene rings is 2. The minimum atomic E-state index is -0.475. The van der Waals surface area contributed by atoms with Crippen LogP contribution in [0, 0.1) is 14.9 Å². The molecule has 0 saturated heterocycles. The van der Waals surface area contributed by atoms with E-state index in [4.69, 9.17) is 23.8 Å². The van der Waals surface area contributed by atoms with E-state index in [1.165, 1.54) is 24.4 Å². The lowest BCUT2D eigenvalue weighted by Gasteiger charge is -1.99. The van der Waals surface area contributed by atoms with Crippen molar-refractivity contribution in [3.63, 3.8) is 0 Å². The van der Waals surface area contributed by atoms with Crippen LogP contribution in [0.1, 0.15) is 5.56 Å². The topological polar surface area (TPSA) is 65.4 Å². The number of nitro groups is 1. The van der Waals surface area contributed by atoms with Gasteiger partial charge in [0.25, 0.3) is 5.69 Å². The molecule has 0 radical (unpaired) electrons. The van der Waals surface area contributed by atoms with E-state index in [-0.39, 0.29) is 5.69 Å². The molecule has 0 aliphatic heterocycles. The van der Waals surface area contributed by atoms with E-state index in [0.29, 0.717) is 15.4 Å². The number of hydrogen-bond donors (Lipinski definition) is 0. The molecule has 0 spiro atoms. The Morgan fingerprint density at radius 1 is 1.26 bits per heavy atom. The molecule has 0 atom stereocenters. The van der Waals surface area contributed by atoms with E-state index in [1.54, 1.807) is 4.68 Å². The van der Waals surface area contributed by atoms with Crippen LogP contribution >= 0.6 is 23.8 Å². The highest BCUT2D eigenvalue weighted by Gasteiger charge is 2.09. The molecule has 0 N–H and O–H groups in total. The zero-order valence-electron chi connectivity index (χ0n) is 12.0. The number of aryl methyl sites for hydroxylation is 1. The van der Waals surface area contributed by atoms with E-state index in [1.807, 2.05) is 35.9 Å². The van der Waals surface area contributed by atoms with Crippen molar-refractivity contribution in [3.05, 3.63) is 67.9 Å². The van der Waals surface area contributed by atoms with Gasteiger partial charge in [0.1, 0.15) is 0 Å². The highest BCUT2D eigenvalue weighted by molar-refractivity contribution is 7.71. The fourth-order valence-corrected chi connectivity index (χ4v) is 2.66. The van der Waals surface area contributed by atoms with Crippen molar-refractivity contribution in [1.29, 1.82) is 0 Å². The molecule has 1 heterocycles. The summed E-state index contributed by atoms with van der Waals surface area (Å²) in [5, 5.41) is 15.6. The zero-order chi connectivity index (χ0) is 16.6. The first-order valence-electron chi connectivity index (χ1n) is 6.64. The average Bonchev–Trinajstić information content (AvgIpc) is 2.78. The highest BCUT2D eigenvalue weighted by Crippen LogP contribution is 2.21. The number of para-hydroxylation sites is 2. The molecule has 23 heavy (non-hydrogen) atoms. The summed E-state index contributed by atoms with van der Waals surface area (Å²) in [7, 11) is 1.86. The van der Waals surface area contributed by atoms with Crippen LogP contribution in [0.15, 0.2) is 47.6 Å². The normalized spacial score (nSPS) is 11.4. The number of aromatic nitrogens is 2. The molecular formula is C15H11ClN4O2S. The van der Waals surface area contributed by atoms with Crippen molar-refractivity contribution >= 4 is 46.8 Å². The first-order valence-corrected chi connectivity index (χ1v) is 7.42. The third-order valence-corrected chi connectivity index (χ3v) is 4.23. The second-order valence-corrected chi connectivity index (χ2v) is 5.62. The Hall–Kier alpha value is -2.51. The molecule has 2 aromatic carbocycles. The van der Waals surface area contributed by atoms with E-state index in [9.17, 15) is 10.1 Å². The summed E-state index contributed by atoms with van der Waals surface area (Å²) < 4.78 is 3.96. The van der Waals surface area contributed by atoms with Crippen LogP contribution in [-0.2, 0) is 7.05 Å². The Bertz CT molecular complexity index is 1010. The van der Waals surface area contributed by atoms with Crippen LogP contribution in [0.25, 0.3) is 11.0 Å². The fraction of sp³-hybridized carbons (Fsp3) is 0.0667. The molecule has 0 aliphatic rings. The third kappa shape index (κ3) is 2.76. The summed E-state index contributed by atoms with van der Waals surface area (Å²) in [6.45, 7) is 0. The van der Waals surface area contributed by atoms with Gasteiger partial charge >= 0.3 is 0 Å². The summed E-state index contributed by atoms with van der Waals surface area (Å²) in [5.74, 6) is 0. The number of non-ortho nitro benzene ring substituents is 1. The van der Waals surface area contributed by atoms with Crippen molar-refractivity contribution in [2.75, 3.05) is 0 Å². The Kier molecular flexibility index (Phi) is 3.97. The van der Waals surface area contributed by atoms with E-state index in [0.717, 1.165) is 11.0 Å². The quantitative estimate of drug-likeness (QED) is 0.309. The maximum atomic E-state index is 10.9. The van der Waals surface area contributed by atoms with Crippen molar-refractivity contribution < 1.29 is 4.92 Å². The molecule has 0 saturated carbocycles. The summed E-state index contributed by atoms with van der Waals surface area (Å²) >= 11 is 11.5. The molecule has 3 rings (SSSR count). The van der Waals surface area contributed by atoms with E-state index in [2.05, 4.69) is 5.10 Å². The Morgan fingerprint density at radius 2 is 1.96 bits per heavy atom. The smallest absolute Gasteiger partial charge is 0.270 e. The Morgan fingerprint density at radius 3 is 2.65 bits per heavy atom. The van der Waals surface area contributed by atoms with Crippen LogP contribution in [0.2, 0.25) is 5.02 Å². The summed E-state index contributed by atoms with van der Waals surface area (Å²) in [5.41, 5.74) is 2.20. The molecule has 0 bridgehead atoms. The zero-order valence-corrected chi connectivity index (χ0v) is 13.6. The second-order valence-electron chi connectivity index (χ2n) is 4.85. The number of halogens is 1. The lowest BCUT2D eigenvalue weighted by Crippen LogP contribution is -1.95. The van der Waals surface area contributed by atoms with Crippen LogP contribution in [0.5, 0.6) is 0 Å². The number of nitro benzene ring substituents is 1. The molecule has 0 fully saturated rings. The number of fused-ring (bicyclic) bond motifs is 1. The van der Waals surface area contributed by atoms with Gasteiger partial charge in [0.05, 0.1) is 22.2 Å². The maximum absolute atomic E-state index is 10.9. The van der Waals surface area contributed by atoms with Gasteiger partial charge in [-0.15, -0.1) is 0 Å². The molecule has 8 heteroatoms. The molecule has 1 aromatic heterocycles. The van der Waals surface area contributed by atoms with Gasteiger partial charge in [-0.25, -0.2) is 4.68 Å². The monoisotopic (exact) mass is 346 g/mol. The van der Waals surface area contributed by atoms with E-state index < -0.39 is 4.92 Å². The van der Waals surface area contributed by atoms with Gasteiger partial charge in [0.15, 0.2) is 0 Å². The lowest BCUT2D eigenvalue weighted by atomic mass is 10.2. The number of hydrogen-bond acceptors (Lipinski definition) is 4. The average molecular weight is 347 g/mol. The number of imidazole rings is 1. The summed E-state index contributed by atoms with van der Waals surface area (Å²) in [6.07, 6.45) is 1.47. The molecule has 0 unspecified atom stereocenters. The molecule has 0 amide bonds. The van der Waals surface area contributed by atoms with Crippen molar-refractivity contribution in [2.24, 2.45) is 12.1 Å². The van der Waals surface area contributed by atoms with Crippen LogP contribution in [0.3, 0.4) is 0 Å². The molecule has 0 aliphatic carbocycles. The van der Waals surface area contributed by atoms with Gasteiger partial charge in [-0.2, -0.15) is 5.10 Å². The molecular weight excluding hydrogens is 336 g/mol. The maximum Gasteiger partial charge on any atom is 0.270 e. The van der Waals surface area contributed by atoms with Crippen molar-refractivity contribution in [2.45, 2.75) is 0 Å². The van der Waals surface area contributed by atoms with Gasteiger partial charge in [-0.1, -0.05) is 23.7 Å². The van der Waals surface area contributed by atoms with Crippen molar-refractivity contribution in [3.8, 4) is 0 Å². The van der Waals surface area contributed by atoms with Crippen LogP contribution in [-0.4, -0.2) is 20.4 Å². The fourth-order valence-electron chi connectivity index (χ4n) is 2.25. The summed E-state index contributed by atoms with van der Waals surface area (Å²) in [6, 6.07) is 11.9. The Labute approximate surface area is 141 Å². The van der Waals surface area contributed by atoms with Gasteiger partial charge in [-0.3, -0.25) is 10.1 Å². The number of nitrogens with zero attached hydrogens (tertiary/aromatic N) is 4. The minimum Gasteiger partial charge on any atom is -0.318 e. The van der Waals surface area contributed by atoms with Gasteiger partial charge < -0.3 is 4.57 Å². The first kappa shape index (κ1) is 15.4.